The minimum absolute atomic E-state index is 0.239. The smallest absolute Gasteiger partial charge is 0.416 e. The summed E-state index contributed by atoms with van der Waals surface area (Å²) in [6.07, 6.45) is -2.24. The third-order valence-corrected chi connectivity index (χ3v) is 6.34. The highest BCUT2D eigenvalue weighted by Gasteiger charge is 2.36. The molecule has 1 saturated heterocycles. The monoisotopic (exact) mass is 420 g/mol. The van der Waals surface area contributed by atoms with Gasteiger partial charge in [-0.3, -0.25) is 0 Å². The molecule has 0 bridgehead atoms. The van der Waals surface area contributed by atoms with Gasteiger partial charge in [0.1, 0.15) is 5.75 Å². The zero-order valence-corrected chi connectivity index (χ0v) is 17.5. The number of fused-ring (bicyclic) bond motifs is 1. The van der Waals surface area contributed by atoms with Crippen molar-refractivity contribution in [2.24, 2.45) is 0 Å². The maximum absolute atomic E-state index is 13.0. The van der Waals surface area contributed by atoms with Gasteiger partial charge < -0.3 is 14.9 Å². The number of rotatable bonds is 3. The minimum Gasteiger partial charge on any atom is -0.507 e. The number of phenols is 1. The summed E-state index contributed by atoms with van der Waals surface area (Å²) in [5, 5.41) is 19.1. The number of aryl methyl sites for hydroxylation is 1. The summed E-state index contributed by atoms with van der Waals surface area (Å²) in [4.78, 5) is 4.78. The molecule has 0 unspecified atom stereocenters. The van der Waals surface area contributed by atoms with Crippen molar-refractivity contribution in [3.05, 3.63) is 34.9 Å². The van der Waals surface area contributed by atoms with Crippen molar-refractivity contribution in [3.63, 3.8) is 0 Å². The Morgan fingerprint density at radius 1 is 1.17 bits per heavy atom. The molecule has 0 saturated carbocycles. The fourth-order valence-corrected chi connectivity index (χ4v) is 4.75. The van der Waals surface area contributed by atoms with E-state index in [1.807, 2.05) is 6.07 Å². The van der Waals surface area contributed by atoms with Gasteiger partial charge in [-0.15, -0.1) is 10.2 Å². The molecule has 0 aliphatic carbocycles. The maximum Gasteiger partial charge on any atom is 0.416 e. The molecule has 0 radical (unpaired) electrons. The molecule has 5 nitrogen and oxygen atoms in total. The summed E-state index contributed by atoms with van der Waals surface area (Å²) in [5.41, 5.74) is 1.20. The number of phenolic OH excluding ortho intramolecular Hbond substituents is 1. The van der Waals surface area contributed by atoms with Crippen LogP contribution < -0.4 is 4.90 Å². The highest BCUT2D eigenvalue weighted by molar-refractivity contribution is 5.73. The molecule has 2 atom stereocenters. The van der Waals surface area contributed by atoms with Crippen molar-refractivity contribution in [3.8, 4) is 17.0 Å². The predicted octanol–water partition coefficient (Wildman–Crippen LogP) is 4.58. The molecule has 2 aliphatic rings. The normalized spacial score (nSPS) is 22.4. The van der Waals surface area contributed by atoms with E-state index < -0.39 is 17.5 Å². The van der Waals surface area contributed by atoms with Gasteiger partial charge in [0.15, 0.2) is 5.82 Å². The number of piperidine rings is 1. The number of likely N-dealkylation sites (tertiary alicyclic amines) is 1. The Balaban J connectivity index is 1.68. The van der Waals surface area contributed by atoms with E-state index in [1.165, 1.54) is 0 Å². The van der Waals surface area contributed by atoms with Gasteiger partial charge >= 0.3 is 6.18 Å². The van der Waals surface area contributed by atoms with Crippen molar-refractivity contribution in [1.29, 1.82) is 0 Å². The Kier molecular flexibility index (Phi) is 5.38. The Labute approximate surface area is 174 Å². The molecule has 4 rings (SSSR count). The van der Waals surface area contributed by atoms with Crippen LogP contribution in [0.15, 0.2) is 18.2 Å². The summed E-state index contributed by atoms with van der Waals surface area (Å²) in [6, 6.07) is 4.07. The summed E-state index contributed by atoms with van der Waals surface area (Å²) in [5.74, 6) is 0.673. The SMILES string of the molecule is CCN1CCC[C@@H](N2C[C@@H](C)c3cc(-c4c(C)cc(C(F)(F)F)cc4O)nnc32)C1. The lowest BCUT2D eigenvalue weighted by Crippen LogP contribution is -2.47. The van der Waals surface area contributed by atoms with Crippen molar-refractivity contribution in [1.82, 2.24) is 15.1 Å². The number of nitrogens with zero attached hydrogens (tertiary/aromatic N) is 4. The number of likely N-dealkylation sites (N-methyl/N-ethyl adjacent to an activating group) is 1. The molecule has 30 heavy (non-hydrogen) atoms. The van der Waals surface area contributed by atoms with E-state index in [0.717, 1.165) is 62.5 Å². The van der Waals surface area contributed by atoms with Crippen molar-refractivity contribution in [2.45, 2.75) is 51.7 Å². The molecule has 1 aromatic heterocycles. The number of hydrogen-bond donors (Lipinski definition) is 1. The predicted molar refractivity (Wildman–Crippen MR) is 110 cm³/mol. The Hall–Kier alpha value is -2.35. The third-order valence-electron chi connectivity index (χ3n) is 6.34. The third kappa shape index (κ3) is 3.73. The van der Waals surface area contributed by atoms with Gasteiger partial charge in [0.25, 0.3) is 0 Å². The Morgan fingerprint density at radius 2 is 1.93 bits per heavy atom. The molecule has 1 fully saturated rings. The largest absolute Gasteiger partial charge is 0.507 e. The van der Waals surface area contributed by atoms with Crippen LogP contribution in [0.25, 0.3) is 11.3 Å². The molecule has 1 aromatic carbocycles. The summed E-state index contributed by atoms with van der Waals surface area (Å²) < 4.78 is 39.1. The van der Waals surface area contributed by atoms with E-state index in [0.29, 0.717) is 22.9 Å². The van der Waals surface area contributed by atoms with Gasteiger partial charge in [0.05, 0.1) is 11.3 Å². The number of aromatic hydroxyl groups is 1. The number of halogens is 3. The van der Waals surface area contributed by atoms with Crippen LogP contribution in [-0.2, 0) is 6.18 Å². The van der Waals surface area contributed by atoms with E-state index in [2.05, 4.69) is 33.8 Å². The Bertz CT molecular complexity index is 923. The molecule has 162 valence electrons. The lowest BCUT2D eigenvalue weighted by molar-refractivity contribution is -0.137. The van der Waals surface area contributed by atoms with Crippen molar-refractivity contribution >= 4 is 5.82 Å². The molecule has 8 heteroatoms. The molecule has 2 aliphatic heterocycles. The zero-order valence-electron chi connectivity index (χ0n) is 17.5. The number of benzene rings is 1. The fraction of sp³-hybridized carbons (Fsp3) is 0.545. The number of alkyl halides is 3. The number of anilines is 1. The second kappa shape index (κ2) is 7.72. The first kappa shape index (κ1) is 20.9. The van der Waals surface area contributed by atoms with E-state index in [9.17, 15) is 18.3 Å². The van der Waals surface area contributed by atoms with Gasteiger partial charge in [-0.2, -0.15) is 13.2 Å². The van der Waals surface area contributed by atoms with Gasteiger partial charge in [-0.1, -0.05) is 13.8 Å². The van der Waals surface area contributed by atoms with Crippen LogP contribution in [0.5, 0.6) is 5.75 Å². The second-order valence-electron chi connectivity index (χ2n) is 8.44. The first-order valence-corrected chi connectivity index (χ1v) is 10.5. The first-order valence-electron chi connectivity index (χ1n) is 10.5. The highest BCUT2D eigenvalue weighted by atomic mass is 19.4. The molecule has 1 N–H and O–H groups in total. The van der Waals surface area contributed by atoms with Gasteiger partial charge in [-0.05, 0) is 56.6 Å². The molecule has 0 amide bonds. The van der Waals surface area contributed by atoms with Crippen molar-refractivity contribution in [2.75, 3.05) is 31.1 Å². The van der Waals surface area contributed by atoms with Crippen LogP contribution in [0.3, 0.4) is 0 Å². The standard InChI is InChI=1S/C22H27F3N4O/c1-4-28-7-5-6-16(12-28)29-11-14(3)17-10-18(26-27-21(17)29)20-13(2)8-15(9-19(20)30)22(23,24)25/h8-10,14,16,30H,4-7,11-12H2,1-3H3/t14-,16-/m1/s1. The lowest BCUT2D eigenvalue weighted by atomic mass is 9.98. The first-order chi connectivity index (χ1) is 14.2. The van der Waals surface area contributed by atoms with E-state index >= 15 is 0 Å². The van der Waals surface area contributed by atoms with Crippen LogP contribution in [0.1, 0.15) is 49.3 Å². The molecular formula is C22H27F3N4O. The topological polar surface area (TPSA) is 52.5 Å². The molecule has 3 heterocycles. The average Bonchev–Trinajstić information content (AvgIpc) is 3.03. The van der Waals surface area contributed by atoms with Gasteiger partial charge in [0.2, 0.25) is 0 Å². The molecular weight excluding hydrogens is 393 g/mol. The van der Waals surface area contributed by atoms with Crippen LogP contribution in [0.4, 0.5) is 19.0 Å². The van der Waals surface area contributed by atoms with Crippen LogP contribution in [0, 0.1) is 6.92 Å². The summed E-state index contributed by atoms with van der Waals surface area (Å²) in [7, 11) is 0. The van der Waals surface area contributed by atoms with Crippen LogP contribution >= 0.6 is 0 Å². The molecule has 2 aromatic rings. The number of aromatic nitrogens is 2. The van der Waals surface area contributed by atoms with Crippen LogP contribution in [-0.4, -0.2) is 52.4 Å². The number of hydrogen-bond acceptors (Lipinski definition) is 5. The van der Waals surface area contributed by atoms with E-state index in [1.54, 1.807) is 6.92 Å². The quantitative estimate of drug-likeness (QED) is 0.788. The average molecular weight is 420 g/mol. The van der Waals surface area contributed by atoms with Crippen molar-refractivity contribution < 1.29 is 18.3 Å². The minimum atomic E-state index is -4.51. The maximum atomic E-state index is 13.0. The fourth-order valence-electron chi connectivity index (χ4n) is 4.75. The second-order valence-corrected chi connectivity index (χ2v) is 8.44. The molecule has 0 spiro atoms. The lowest BCUT2D eigenvalue weighted by Gasteiger charge is -2.38. The van der Waals surface area contributed by atoms with E-state index in [-0.39, 0.29) is 5.92 Å². The summed E-state index contributed by atoms with van der Waals surface area (Å²) in [6.45, 7) is 9.87. The summed E-state index contributed by atoms with van der Waals surface area (Å²) >= 11 is 0. The van der Waals surface area contributed by atoms with Gasteiger partial charge in [0, 0.05) is 36.2 Å². The van der Waals surface area contributed by atoms with E-state index in [4.69, 9.17) is 0 Å². The highest BCUT2D eigenvalue weighted by Crippen LogP contribution is 2.42. The Morgan fingerprint density at radius 3 is 2.60 bits per heavy atom. The van der Waals surface area contributed by atoms with Crippen LogP contribution in [0.2, 0.25) is 0 Å². The van der Waals surface area contributed by atoms with Gasteiger partial charge in [-0.25, -0.2) is 0 Å². The zero-order chi connectivity index (χ0) is 21.6.